The molecule has 0 bridgehead atoms. The molecule has 1 aliphatic rings. The Kier molecular flexibility index (Phi) is 4.59. The van der Waals surface area contributed by atoms with Crippen molar-refractivity contribution in [1.29, 1.82) is 0 Å². The predicted octanol–water partition coefficient (Wildman–Crippen LogP) is 3.30. The van der Waals surface area contributed by atoms with E-state index in [1.54, 1.807) is 12.1 Å². The third-order valence-electron chi connectivity index (χ3n) is 3.95. The van der Waals surface area contributed by atoms with Gasteiger partial charge in [-0.15, -0.1) is 0 Å². The van der Waals surface area contributed by atoms with Crippen molar-refractivity contribution in [2.75, 3.05) is 18.5 Å². The van der Waals surface area contributed by atoms with E-state index in [0.717, 1.165) is 18.2 Å². The van der Waals surface area contributed by atoms with Gasteiger partial charge in [0.1, 0.15) is 5.82 Å². The summed E-state index contributed by atoms with van der Waals surface area (Å²) in [4.78, 5) is 2.17. The molecule has 0 aliphatic heterocycles. The summed E-state index contributed by atoms with van der Waals surface area (Å²) in [5.74, 6) is 0.575. The lowest BCUT2D eigenvalue weighted by molar-refractivity contribution is 0.362. The van der Waals surface area contributed by atoms with Crippen LogP contribution >= 0.6 is 0 Å². The summed E-state index contributed by atoms with van der Waals surface area (Å²) in [6, 6.07) is 5.36. The van der Waals surface area contributed by atoms with Gasteiger partial charge in [-0.05, 0) is 30.9 Å². The Morgan fingerprint density at radius 2 is 2.00 bits per heavy atom. The van der Waals surface area contributed by atoms with Crippen molar-refractivity contribution in [3.8, 4) is 0 Å². The van der Waals surface area contributed by atoms with Crippen molar-refractivity contribution in [2.45, 2.75) is 38.6 Å². The summed E-state index contributed by atoms with van der Waals surface area (Å²) in [5, 5.41) is 0. The normalized spacial score (nSPS) is 16.8. The van der Waals surface area contributed by atoms with Gasteiger partial charge in [0.25, 0.3) is 0 Å². The Morgan fingerprint density at radius 3 is 2.61 bits per heavy atom. The Morgan fingerprint density at radius 1 is 1.28 bits per heavy atom. The van der Waals surface area contributed by atoms with Crippen LogP contribution in [0.5, 0.6) is 0 Å². The largest absolute Gasteiger partial charge is 0.374 e. The molecule has 1 aromatic rings. The molecule has 0 spiro atoms. The van der Waals surface area contributed by atoms with Gasteiger partial charge in [0.15, 0.2) is 0 Å². The zero-order valence-electron chi connectivity index (χ0n) is 11.2. The molecule has 1 aliphatic carbocycles. The highest BCUT2D eigenvalue weighted by molar-refractivity contribution is 5.47. The fraction of sp³-hybridized carbons (Fsp3) is 0.600. The van der Waals surface area contributed by atoms with Crippen LogP contribution in [0.25, 0.3) is 0 Å². The predicted molar refractivity (Wildman–Crippen MR) is 74.1 cm³/mol. The van der Waals surface area contributed by atoms with E-state index in [1.807, 2.05) is 13.1 Å². The van der Waals surface area contributed by atoms with E-state index < -0.39 is 0 Å². The van der Waals surface area contributed by atoms with Gasteiger partial charge in [0.2, 0.25) is 0 Å². The molecule has 2 rings (SSSR count). The summed E-state index contributed by atoms with van der Waals surface area (Å²) in [7, 11) is 2.05. The molecule has 3 heteroatoms. The first-order valence-electron chi connectivity index (χ1n) is 6.90. The second-order valence-corrected chi connectivity index (χ2v) is 5.36. The first-order valence-corrected chi connectivity index (χ1v) is 6.90. The molecule has 1 fully saturated rings. The summed E-state index contributed by atoms with van der Waals surface area (Å²) in [6.07, 6.45) is 6.69. The molecular formula is C15H23FN2. The van der Waals surface area contributed by atoms with Crippen LogP contribution in [-0.4, -0.2) is 13.6 Å². The maximum absolute atomic E-state index is 13.7. The first-order chi connectivity index (χ1) is 8.70. The van der Waals surface area contributed by atoms with Crippen molar-refractivity contribution >= 4 is 5.69 Å². The van der Waals surface area contributed by atoms with Gasteiger partial charge in [0, 0.05) is 31.4 Å². The van der Waals surface area contributed by atoms with Crippen LogP contribution in [-0.2, 0) is 6.54 Å². The minimum absolute atomic E-state index is 0.189. The molecule has 0 amide bonds. The molecule has 1 saturated carbocycles. The number of hydrogen-bond donors (Lipinski definition) is 1. The average molecular weight is 250 g/mol. The van der Waals surface area contributed by atoms with E-state index in [2.05, 4.69) is 4.90 Å². The minimum atomic E-state index is -0.189. The maximum atomic E-state index is 13.7. The maximum Gasteiger partial charge on any atom is 0.129 e. The van der Waals surface area contributed by atoms with Gasteiger partial charge in [-0.3, -0.25) is 0 Å². The molecule has 18 heavy (non-hydrogen) atoms. The second-order valence-electron chi connectivity index (χ2n) is 5.36. The van der Waals surface area contributed by atoms with E-state index in [1.165, 1.54) is 32.1 Å². The van der Waals surface area contributed by atoms with Crippen molar-refractivity contribution in [3.63, 3.8) is 0 Å². The fourth-order valence-electron chi connectivity index (χ4n) is 2.80. The van der Waals surface area contributed by atoms with Crippen LogP contribution in [0.4, 0.5) is 10.1 Å². The van der Waals surface area contributed by atoms with Crippen LogP contribution in [0.2, 0.25) is 0 Å². The van der Waals surface area contributed by atoms with Gasteiger partial charge >= 0.3 is 0 Å². The molecule has 1 aromatic carbocycles. The molecular weight excluding hydrogens is 227 g/mol. The lowest BCUT2D eigenvalue weighted by Crippen LogP contribution is -2.26. The summed E-state index contributed by atoms with van der Waals surface area (Å²) >= 11 is 0. The monoisotopic (exact) mass is 250 g/mol. The molecule has 0 radical (unpaired) electrons. The standard InChI is InChI=1S/C15H23FN2/c1-18(11-12-5-3-2-4-6-12)14-8-7-13(10-17)15(16)9-14/h7-9,12H,2-6,10-11,17H2,1H3. The Balaban J connectivity index is 1.99. The van der Waals surface area contributed by atoms with E-state index >= 15 is 0 Å². The van der Waals surface area contributed by atoms with E-state index in [4.69, 9.17) is 5.73 Å². The van der Waals surface area contributed by atoms with Gasteiger partial charge < -0.3 is 10.6 Å². The second kappa shape index (κ2) is 6.19. The summed E-state index contributed by atoms with van der Waals surface area (Å²) in [5.41, 5.74) is 7.01. The molecule has 0 heterocycles. The third kappa shape index (κ3) is 3.22. The Labute approximate surface area is 109 Å². The van der Waals surface area contributed by atoms with Gasteiger partial charge in [-0.1, -0.05) is 25.3 Å². The highest BCUT2D eigenvalue weighted by atomic mass is 19.1. The van der Waals surface area contributed by atoms with E-state index in [-0.39, 0.29) is 12.4 Å². The number of benzene rings is 1. The van der Waals surface area contributed by atoms with Gasteiger partial charge in [-0.25, -0.2) is 4.39 Å². The SMILES string of the molecule is CN(CC1CCCCC1)c1ccc(CN)c(F)c1. The zero-order chi connectivity index (χ0) is 13.0. The molecule has 0 atom stereocenters. The summed E-state index contributed by atoms with van der Waals surface area (Å²) in [6.45, 7) is 1.29. The number of nitrogens with zero attached hydrogens (tertiary/aromatic N) is 1. The lowest BCUT2D eigenvalue weighted by Gasteiger charge is -2.28. The average Bonchev–Trinajstić information content (AvgIpc) is 2.39. The molecule has 0 saturated heterocycles. The fourth-order valence-corrected chi connectivity index (χ4v) is 2.80. The van der Waals surface area contributed by atoms with Crippen LogP contribution in [0, 0.1) is 11.7 Å². The number of rotatable bonds is 4. The van der Waals surface area contributed by atoms with Crippen LogP contribution < -0.4 is 10.6 Å². The van der Waals surface area contributed by atoms with Crippen molar-refractivity contribution < 1.29 is 4.39 Å². The Hall–Kier alpha value is -1.09. The molecule has 0 aromatic heterocycles. The van der Waals surface area contributed by atoms with Gasteiger partial charge in [-0.2, -0.15) is 0 Å². The van der Waals surface area contributed by atoms with E-state index in [9.17, 15) is 4.39 Å². The zero-order valence-corrected chi connectivity index (χ0v) is 11.2. The van der Waals surface area contributed by atoms with Gasteiger partial charge in [0.05, 0.1) is 0 Å². The minimum Gasteiger partial charge on any atom is -0.374 e. The van der Waals surface area contributed by atoms with Crippen LogP contribution in [0.1, 0.15) is 37.7 Å². The molecule has 0 unspecified atom stereocenters. The number of nitrogens with two attached hydrogens (primary N) is 1. The van der Waals surface area contributed by atoms with Crippen molar-refractivity contribution in [1.82, 2.24) is 0 Å². The highest BCUT2D eigenvalue weighted by Crippen LogP contribution is 2.26. The van der Waals surface area contributed by atoms with Crippen LogP contribution in [0.15, 0.2) is 18.2 Å². The number of halogens is 1. The number of hydrogen-bond acceptors (Lipinski definition) is 2. The van der Waals surface area contributed by atoms with Crippen molar-refractivity contribution in [2.24, 2.45) is 11.7 Å². The smallest absolute Gasteiger partial charge is 0.129 e. The third-order valence-corrected chi connectivity index (χ3v) is 3.95. The molecule has 2 N–H and O–H groups in total. The lowest BCUT2D eigenvalue weighted by atomic mass is 9.89. The quantitative estimate of drug-likeness (QED) is 0.888. The molecule has 2 nitrogen and oxygen atoms in total. The molecule has 100 valence electrons. The topological polar surface area (TPSA) is 29.3 Å². The number of anilines is 1. The highest BCUT2D eigenvalue weighted by Gasteiger charge is 2.16. The van der Waals surface area contributed by atoms with Crippen molar-refractivity contribution in [3.05, 3.63) is 29.6 Å². The Bertz CT molecular complexity index is 386. The van der Waals surface area contributed by atoms with Crippen LogP contribution in [0.3, 0.4) is 0 Å². The first kappa shape index (κ1) is 13.3. The summed E-state index contributed by atoms with van der Waals surface area (Å²) < 4.78 is 13.7. The van der Waals surface area contributed by atoms with E-state index in [0.29, 0.717) is 5.56 Å².